The largest absolute Gasteiger partial charge is 0.504 e. The molecule has 1 aromatic rings. The van der Waals surface area contributed by atoms with Crippen LogP contribution in [0.15, 0.2) is 12.1 Å². The van der Waals surface area contributed by atoms with Crippen LogP contribution in [0.2, 0.25) is 0 Å². The lowest BCUT2D eigenvalue weighted by atomic mass is 9.96. The van der Waals surface area contributed by atoms with Gasteiger partial charge in [0.05, 0.1) is 7.11 Å². The van der Waals surface area contributed by atoms with Crippen molar-refractivity contribution in [2.45, 2.75) is 12.5 Å². The Morgan fingerprint density at radius 2 is 2.29 bits per heavy atom. The molecule has 0 saturated carbocycles. The zero-order chi connectivity index (χ0) is 10.1. The number of ether oxygens (including phenoxy) is 1. The van der Waals surface area contributed by atoms with Gasteiger partial charge in [-0.3, -0.25) is 0 Å². The Labute approximate surface area is 81.5 Å². The Bertz CT molecular complexity index is 350. The van der Waals surface area contributed by atoms with Crippen LogP contribution in [0.3, 0.4) is 0 Å². The molecule has 76 valence electrons. The normalized spacial score (nSPS) is 20.3. The van der Waals surface area contributed by atoms with Crippen LogP contribution < -0.4 is 10.1 Å². The molecule has 1 aliphatic rings. The molecule has 2 N–H and O–H groups in total. The highest BCUT2D eigenvalue weighted by atomic mass is 19.1. The summed E-state index contributed by atoms with van der Waals surface area (Å²) in [6, 6.07) is 2.58. The molecule has 0 amide bonds. The standard InChI is InChI=1S/C10H12FNO2/c1-14-9-5-6(11)4-7(10(9)13)8-2-3-12-8/h4-5,8,12-13H,2-3H2,1H3/t8-/m0/s1. The molecule has 4 heteroatoms. The van der Waals surface area contributed by atoms with Crippen LogP contribution in [-0.2, 0) is 0 Å². The van der Waals surface area contributed by atoms with Crippen molar-refractivity contribution < 1.29 is 14.2 Å². The maximum atomic E-state index is 13.1. The molecule has 0 aromatic heterocycles. The fraction of sp³-hybridized carbons (Fsp3) is 0.400. The fourth-order valence-electron chi connectivity index (χ4n) is 1.57. The first-order valence-corrected chi connectivity index (χ1v) is 4.52. The SMILES string of the molecule is COc1cc(F)cc([C@@H]2CCN2)c1O. The van der Waals surface area contributed by atoms with E-state index in [2.05, 4.69) is 5.32 Å². The lowest BCUT2D eigenvalue weighted by Gasteiger charge is -2.28. The molecule has 0 aliphatic carbocycles. The number of nitrogens with one attached hydrogen (secondary N) is 1. The molecule has 1 saturated heterocycles. The van der Waals surface area contributed by atoms with Crippen LogP contribution in [0.1, 0.15) is 18.0 Å². The lowest BCUT2D eigenvalue weighted by Crippen LogP contribution is -2.35. The van der Waals surface area contributed by atoms with Crippen molar-refractivity contribution in [3.8, 4) is 11.5 Å². The van der Waals surface area contributed by atoms with E-state index in [0.29, 0.717) is 5.56 Å². The Balaban J connectivity index is 2.41. The van der Waals surface area contributed by atoms with Crippen LogP contribution in [0.5, 0.6) is 11.5 Å². The summed E-state index contributed by atoms with van der Waals surface area (Å²) in [7, 11) is 1.41. The predicted octanol–water partition coefficient (Wildman–Crippen LogP) is 1.57. The average Bonchev–Trinajstić information content (AvgIpc) is 2.07. The summed E-state index contributed by atoms with van der Waals surface area (Å²) in [5, 5.41) is 12.8. The maximum Gasteiger partial charge on any atom is 0.163 e. The average molecular weight is 197 g/mol. The number of methoxy groups -OCH3 is 1. The van der Waals surface area contributed by atoms with Crippen molar-refractivity contribution in [3.63, 3.8) is 0 Å². The zero-order valence-corrected chi connectivity index (χ0v) is 7.88. The summed E-state index contributed by atoms with van der Waals surface area (Å²) in [6.07, 6.45) is 0.917. The van der Waals surface area contributed by atoms with Crippen LogP contribution in [0, 0.1) is 5.82 Å². The summed E-state index contributed by atoms with van der Waals surface area (Å²) in [4.78, 5) is 0. The van der Waals surface area contributed by atoms with E-state index in [1.807, 2.05) is 0 Å². The number of halogens is 1. The third kappa shape index (κ3) is 1.42. The summed E-state index contributed by atoms with van der Waals surface area (Å²) >= 11 is 0. The van der Waals surface area contributed by atoms with Crippen LogP contribution in [0.4, 0.5) is 4.39 Å². The number of phenols is 1. The van der Waals surface area contributed by atoms with Gasteiger partial charge in [0, 0.05) is 17.7 Å². The highest BCUT2D eigenvalue weighted by Gasteiger charge is 2.24. The van der Waals surface area contributed by atoms with Crippen LogP contribution >= 0.6 is 0 Å². The smallest absolute Gasteiger partial charge is 0.163 e. The first-order valence-electron chi connectivity index (χ1n) is 4.52. The topological polar surface area (TPSA) is 41.5 Å². The summed E-state index contributed by atoms with van der Waals surface area (Å²) < 4.78 is 18.0. The van der Waals surface area contributed by atoms with Gasteiger partial charge < -0.3 is 15.2 Å². The van der Waals surface area contributed by atoms with Gasteiger partial charge in [0.15, 0.2) is 11.5 Å². The Kier molecular flexibility index (Phi) is 2.29. The van der Waals surface area contributed by atoms with Crippen LogP contribution in [0.25, 0.3) is 0 Å². The highest BCUT2D eigenvalue weighted by Crippen LogP contribution is 2.37. The molecular formula is C10H12FNO2. The Morgan fingerprint density at radius 3 is 2.79 bits per heavy atom. The lowest BCUT2D eigenvalue weighted by molar-refractivity contribution is 0.338. The monoisotopic (exact) mass is 197 g/mol. The minimum Gasteiger partial charge on any atom is -0.504 e. The molecule has 0 spiro atoms. The van der Waals surface area contributed by atoms with Crippen molar-refractivity contribution in [2.24, 2.45) is 0 Å². The molecule has 1 heterocycles. The van der Waals surface area contributed by atoms with Gasteiger partial charge in [-0.25, -0.2) is 4.39 Å². The van der Waals surface area contributed by atoms with Gasteiger partial charge >= 0.3 is 0 Å². The van der Waals surface area contributed by atoms with E-state index in [9.17, 15) is 9.50 Å². The fourth-order valence-corrected chi connectivity index (χ4v) is 1.57. The number of hydrogen-bond donors (Lipinski definition) is 2. The molecule has 0 bridgehead atoms. The Morgan fingerprint density at radius 1 is 1.57 bits per heavy atom. The summed E-state index contributed by atoms with van der Waals surface area (Å²) in [6.45, 7) is 0.906. The summed E-state index contributed by atoms with van der Waals surface area (Å²) in [5.41, 5.74) is 0.577. The van der Waals surface area contributed by atoms with Gasteiger partial charge in [-0.15, -0.1) is 0 Å². The predicted molar refractivity (Wildman–Crippen MR) is 50.0 cm³/mol. The Hall–Kier alpha value is -1.29. The van der Waals surface area contributed by atoms with E-state index >= 15 is 0 Å². The van der Waals surface area contributed by atoms with Crippen molar-refractivity contribution in [3.05, 3.63) is 23.5 Å². The van der Waals surface area contributed by atoms with Gasteiger partial charge in [0.2, 0.25) is 0 Å². The van der Waals surface area contributed by atoms with Gasteiger partial charge in [-0.1, -0.05) is 0 Å². The molecule has 14 heavy (non-hydrogen) atoms. The van der Waals surface area contributed by atoms with E-state index in [0.717, 1.165) is 13.0 Å². The minimum absolute atomic E-state index is 0.0334. The van der Waals surface area contributed by atoms with Gasteiger partial charge in [0.25, 0.3) is 0 Å². The molecule has 1 atom stereocenters. The number of phenolic OH excluding ortho intramolecular Hbond substituents is 1. The molecule has 3 nitrogen and oxygen atoms in total. The van der Waals surface area contributed by atoms with Crippen molar-refractivity contribution >= 4 is 0 Å². The summed E-state index contributed by atoms with van der Waals surface area (Å²) in [5.74, 6) is -0.164. The van der Waals surface area contributed by atoms with Crippen molar-refractivity contribution in [1.82, 2.24) is 5.32 Å². The van der Waals surface area contributed by atoms with Gasteiger partial charge in [-0.2, -0.15) is 0 Å². The van der Waals surface area contributed by atoms with Crippen LogP contribution in [-0.4, -0.2) is 18.8 Å². The van der Waals surface area contributed by atoms with E-state index in [1.54, 1.807) is 0 Å². The quantitative estimate of drug-likeness (QED) is 0.756. The molecule has 2 rings (SSSR count). The first-order chi connectivity index (χ1) is 6.72. The van der Waals surface area contributed by atoms with E-state index < -0.39 is 0 Å². The zero-order valence-electron chi connectivity index (χ0n) is 7.88. The second kappa shape index (κ2) is 3.46. The highest BCUT2D eigenvalue weighted by molar-refractivity contribution is 5.47. The second-order valence-corrected chi connectivity index (χ2v) is 3.34. The number of hydrogen-bond acceptors (Lipinski definition) is 3. The number of benzene rings is 1. The second-order valence-electron chi connectivity index (χ2n) is 3.34. The molecule has 1 fully saturated rings. The van der Waals surface area contributed by atoms with E-state index in [1.165, 1.54) is 19.2 Å². The third-order valence-corrected chi connectivity index (χ3v) is 2.49. The molecule has 0 unspecified atom stereocenters. The number of aromatic hydroxyl groups is 1. The number of rotatable bonds is 2. The molecular weight excluding hydrogens is 185 g/mol. The van der Waals surface area contributed by atoms with E-state index in [4.69, 9.17) is 4.74 Å². The maximum absolute atomic E-state index is 13.1. The minimum atomic E-state index is -0.386. The third-order valence-electron chi connectivity index (χ3n) is 2.49. The van der Waals surface area contributed by atoms with Crippen molar-refractivity contribution in [1.29, 1.82) is 0 Å². The van der Waals surface area contributed by atoms with Crippen molar-refractivity contribution in [2.75, 3.05) is 13.7 Å². The van der Waals surface area contributed by atoms with E-state index in [-0.39, 0.29) is 23.4 Å². The van der Waals surface area contributed by atoms with Gasteiger partial charge in [0.1, 0.15) is 5.82 Å². The first kappa shape index (κ1) is 9.27. The molecule has 1 aromatic carbocycles. The molecule has 0 radical (unpaired) electrons. The van der Waals surface area contributed by atoms with Gasteiger partial charge in [-0.05, 0) is 19.0 Å². The molecule has 1 aliphatic heterocycles.